The lowest BCUT2D eigenvalue weighted by Crippen LogP contribution is -2.30. The highest BCUT2D eigenvalue weighted by Crippen LogP contribution is 2.32. The van der Waals surface area contributed by atoms with Gasteiger partial charge in [-0.05, 0) is 25.0 Å². The maximum absolute atomic E-state index is 12.9. The van der Waals surface area contributed by atoms with Gasteiger partial charge in [-0.1, -0.05) is 13.0 Å². The van der Waals surface area contributed by atoms with Crippen molar-refractivity contribution in [3.63, 3.8) is 0 Å². The number of aromatic nitrogens is 5. The van der Waals surface area contributed by atoms with Crippen LogP contribution in [0, 0.1) is 0 Å². The second kappa shape index (κ2) is 6.74. The summed E-state index contributed by atoms with van der Waals surface area (Å²) >= 11 is 0. The number of aryl methyl sites for hydroxylation is 2. The van der Waals surface area contributed by atoms with Crippen LogP contribution in [0.2, 0.25) is 0 Å². The van der Waals surface area contributed by atoms with E-state index in [2.05, 4.69) is 17.0 Å². The Hall–Kier alpha value is -2.96. The third kappa shape index (κ3) is 2.89. The molecule has 3 aromatic rings. The smallest absolute Gasteiger partial charge is 0.257 e. The number of amides is 1. The lowest BCUT2D eigenvalue weighted by atomic mass is 10.1. The van der Waals surface area contributed by atoms with Crippen LogP contribution in [0.3, 0.4) is 0 Å². The monoisotopic (exact) mass is 350 g/mol. The van der Waals surface area contributed by atoms with Gasteiger partial charge in [0.25, 0.3) is 5.91 Å². The molecule has 1 fully saturated rings. The molecule has 0 radical (unpaired) electrons. The van der Waals surface area contributed by atoms with Gasteiger partial charge in [0.2, 0.25) is 0 Å². The predicted molar refractivity (Wildman–Crippen MR) is 97.0 cm³/mol. The Morgan fingerprint density at radius 2 is 2.23 bits per heavy atom. The molecule has 0 unspecified atom stereocenters. The average Bonchev–Trinajstić information content (AvgIpc) is 3.41. The number of carbonyl (C=O) groups is 1. The number of carbonyl (C=O) groups excluding carboxylic acids is 1. The van der Waals surface area contributed by atoms with Crippen LogP contribution >= 0.6 is 0 Å². The first kappa shape index (κ1) is 16.5. The van der Waals surface area contributed by atoms with Crippen molar-refractivity contribution in [2.75, 3.05) is 6.54 Å². The molecule has 3 aromatic heterocycles. The van der Waals surface area contributed by atoms with Gasteiger partial charge in [0.1, 0.15) is 11.6 Å². The molecular weight excluding hydrogens is 328 g/mol. The van der Waals surface area contributed by atoms with Crippen LogP contribution in [0.25, 0.3) is 5.82 Å². The van der Waals surface area contributed by atoms with E-state index in [0.29, 0.717) is 5.56 Å². The van der Waals surface area contributed by atoms with Crippen LogP contribution in [-0.2, 0) is 13.5 Å². The maximum Gasteiger partial charge on any atom is 0.257 e. The van der Waals surface area contributed by atoms with Crippen molar-refractivity contribution in [2.45, 2.75) is 32.2 Å². The van der Waals surface area contributed by atoms with Crippen molar-refractivity contribution in [2.24, 2.45) is 7.05 Å². The zero-order valence-electron chi connectivity index (χ0n) is 15.0. The molecule has 26 heavy (non-hydrogen) atoms. The molecule has 4 heterocycles. The van der Waals surface area contributed by atoms with Crippen molar-refractivity contribution in [1.29, 1.82) is 0 Å². The fourth-order valence-corrected chi connectivity index (χ4v) is 3.58. The highest BCUT2D eigenvalue weighted by molar-refractivity contribution is 5.94. The number of hydrogen-bond donors (Lipinski definition) is 0. The minimum absolute atomic E-state index is 0.00347. The summed E-state index contributed by atoms with van der Waals surface area (Å²) in [4.78, 5) is 24.0. The van der Waals surface area contributed by atoms with Crippen molar-refractivity contribution >= 4 is 5.91 Å². The van der Waals surface area contributed by atoms with Crippen LogP contribution in [0.1, 0.15) is 47.7 Å². The maximum atomic E-state index is 12.9. The average molecular weight is 350 g/mol. The molecule has 1 saturated heterocycles. The lowest BCUT2D eigenvalue weighted by Gasteiger charge is -2.24. The van der Waals surface area contributed by atoms with E-state index in [0.717, 1.165) is 43.1 Å². The number of rotatable bonds is 4. The SMILES string of the molecule is CCc1nccn1-c1cccc([C@H]2CCCN2C(=O)c2cnn(C)c2)n1. The molecule has 1 atom stereocenters. The van der Waals surface area contributed by atoms with Gasteiger partial charge in [0, 0.05) is 38.6 Å². The number of nitrogens with zero attached hydrogens (tertiary/aromatic N) is 6. The Morgan fingerprint density at radius 3 is 3.00 bits per heavy atom. The topological polar surface area (TPSA) is 68.8 Å². The molecule has 0 aliphatic carbocycles. The van der Waals surface area contributed by atoms with E-state index in [-0.39, 0.29) is 11.9 Å². The van der Waals surface area contributed by atoms with Crippen LogP contribution in [0.5, 0.6) is 0 Å². The minimum Gasteiger partial charge on any atom is -0.330 e. The molecule has 0 spiro atoms. The fourth-order valence-electron chi connectivity index (χ4n) is 3.58. The van der Waals surface area contributed by atoms with E-state index >= 15 is 0 Å². The first-order valence-corrected chi connectivity index (χ1v) is 8.96. The summed E-state index contributed by atoms with van der Waals surface area (Å²) < 4.78 is 3.66. The Balaban J connectivity index is 1.64. The molecule has 0 saturated carbocycles. The molecule has 0 aromatic carbocycles. The van der Waals surface area contributed by atoms with E-state index in [1.54, 1.807) is 23.3 Å². The molecule has 134 valence electrons. The third-order valence-corrected chi connectivity index (χ3v) is 4.84. The Kier molecular flexibility index (Phi) is 4.28. The lowest BCUT2D eigenvalue weighted by molar-refractivity contribution is 0.0733. The van der Waals surface area contributed by atoms with Gasteiger partial charge in [-0.2, -0.15) is 5.10 Å². The molecule has 1 aliphatic rings. The van der Waals surface area contributed by atoms with Gasteiger partial charge in [0.15, 0.2) is 0 Å². The standard InChI is InChI=1S/C19H22N6O/c1-3-17-20-9-11-25(17)18-8-4-6-15(22-18)16-7-5-10-24(16)19(26)14-12-21-23(2)13-14/h4,6,8-9,11-13,16H,3,5,7,10H2,1-2H3/t16-/m1/s1. The molecule has 4 rings (SSSR count). The van der Waals surface area contributed by atoms with Gasteiger partial charge in [0.05, 0.1) is 23.5 Å². The second-order valence-corrected chi connectivity index (χ2v) is 6.55. The van der Waals surface area contributed by atoms with Crippen molar-refractivity contribution in [3.05, 3.63) is 60.1 Å². The van der Waals surface area contributed by atoms with Gasteiger partial charge in [-0.15, -0.1) is 0 Å². The predicted octanol–water partition coefficient (Wildman–Crippen LogP) is 2.54. The van der Waals surface area contributed by atoms with Gasteiger partial charge < -0.3 is 4.90 Å². The summed E-state index contributed by atoms with van der Waals surface area (Å²) in [7, 11) is 1.82. The van der Waals surface area contributed by atoms with E-state index < -0.39 is 0 Å². The zero-order valence-corrected chi connectivity index (χ0v) is 15.0. The molecule has 7 nitrogen and oxygen atoms in total. The van der Waals surface area contributed by atoms with Crippen LogP contribution in [0.4, 0.5) is 0 Å². The second-order valence-electron chi connectivity index (χ2n) is 6.55. The van der Waals surface area contributed by atoms with E-state index in [1.165, 1.54) is 0 Å². The summed E-state index contributed by atoms with van der Waals surface area (Å²) in [6.45, 7) is 2.82. The number of pyridine rings is 1. The fraction of sp³-hybridized carbons (Fsp3) is 0.368. The summed E-state index contributed by atoms with van der Waals surface area (Å²) in [5, 5.41) is 4.12. The molecular formula is C19H22N6O. The van der Waals surface area contributed by atoms with E-state index in [4.69, 9.17) is 4.98 Å². The third-order valence-electron chi connectivity index (χ3n) is 4.84. The Morgan fingerprint density at radius 1 is 1.35 bits per heavy atom. The largest absolute Gasteiger partial charge is 0.330 e. The van der Waals surface area contributed by atoms with Gasteiger partial charge in [-0.25, -0.2) is 9.97 Å². The van der Waals surface area contributed by atoms with Crippen LogP contribution in [0.15, 0.2) is 43.0 Å². The molecule has 7 heteroatoms. The van der Waals surface area contributed by atoms with Crippen LogP contribution < -0.4 is 0 Å². The Bertz CT molecular complexity index is 928. The minimum atomic E-state index is -0.00347. The first-order chi connectivity index (χ1) is 12.7. The summed E-state index contributed by atoms with van der Waals surface area (Å²) in [5.41, 5.74) is 1.55. The quantitative estimate of drug-likeness (QED) is 0.725. The van der Waals surface area contributed by atoms with Gasteiger partial charge in [-0.3, -0.25) is 14.0 Å². The summed E-state index contributed by atoms with van der Waals surface area (Å²) in [5.74, 6) is 1.84. The number of imidazole rings is 1. The van der Waals surface area contributed by atoms with Gasteiger partial charge >= 0.3 is 0 Å². The van der Waals surface area contributed by atoms with E-state index in [1.807, 2.05) is 40.9 Å². The first-order valence-electron chi connectivity index (χ1n) is 8.96. The van der Waals surface area contributed by atoms with E-state index in [9.17, 15) is 4.79 Å². The zero-order chi connectivity index (χ0) is 18.1. The molecule has 1 aliphatic heterocycles. The number of likely N-dealkylation sites (tertiary alicyclic amines) is 1. The molecule has 0 N–H and O–H groups in total. The summed E-state index contributed by atoms with van der Waals surface area (Å²) in [6, 6.07) is 5.98. The highest BCUT2D eigenvalue weighted by atomic mass is 16.2. The molecule has 0 bridgehead atoms. The summed E-state index contributed by atoms with van der Waals surface area (Å²) in [6.07, 6.45) is 9.86. The molecule has 1 amide bonds. The van der Waals surface area contributed by atoms with Crippen molar-refractivity contribution < 1.29 is 4.79 Å². The van der Waals surface area contributed by atoms with Crippen molar-refractivity contribution in [1.82, 2.24) is 29.2 Å². The highest BCUT2D eigenvalue weighted by Gasteiger charge is 2.32. The van der Waals surface area contributed by atoms with Crippen LogP contribution in [-0.4, -0.2) is 41.7 Å². The normalized spacial score (nSPS) is 17.0. The van der Waals surface area contributed by atoms with Crippen molar-refractivity contribution in [3.8, 4) is 5.82 Å². The number of hydrogen-bond acceptors (Lipinski definition) is 4. The Labute approximate surface area is 152 Å².